The molecule has 5 heteroatoms. The summed E-state index contributed by atoms with van der Waals surface area (Å²) >= 11 is 1.68. The summed E-state index contributed by atoms with van der Waals surface area (Å²) in [4.78, 5) is 17.8. The Morgan fingerprint density at radius 2 is 2.33 bits per heavy atom. The Morgan fingerprint density at radius 1 is 1.50 bits per heavy atom. The SMILES string of the molecule is CCCN(CC(=O)OC)c1nccc2sccc12. The van der Waals surface area contributed by atoms with E-state index in [2.05, 4.69) is 11.9 Å². The molecule has 2 aromatic rings. The van der Waals surface area contributed by atoms with Crippen LogP contribution in [0.4, 0.5) is 5.82 Å². The van der Waals surface area contributed by atoms with Crippen molar-refractivity contribution < 1.29 is 9.53 Å². The number of esters is 1. The zero-order chi connectivity index (χ0) is 13.0. The highest BCUT2D eigenvalue weighted by molar-refractivity contribution is 7.17. The van der Waals surface area contributed by atoms with Gasteiger partial charge in [-0.3, -0.25) is 4.79 Å². The molecule has 2 heterocycles. The molecular formula is C13H16N2O2S. The molecule has 0 aliphatic carbocycles. The van der Waals surface area contributed by atoms with E-state index in [9.17, 15) is 4.79 Å². The van der Waals surface area contributed by atoms with Crippen LogP contribution in [0.1, 0.15) is 13.3 Å². The monoisotopic (exact) mass is 264 g/mol. The summed E-state index contributed by atoms with van der Waals surface area (Å²) in [5.41, 5.74) is 0. The maximum atomic E-state index is 11.5. The van der Waals surface area contributed by atoms with E-state index in [0.717, 1.165) is 24.2 Å². The number of carbonyl (C=O) groups is 1. The van der Waals surface area contributed by atoms with Gasteiger partial charge in [0.25, 0.3) is 0 Å². The largest absolute Gasteiger partial charge is 0.468 e. The highest BCUT2D eigenvalue weighted by Crippen LogP contribution is 2.28. The number of ether oxygens (including phenoxy) is 1. The second-order valence-electron chi connectivity index (χ2n) is 3.96. The van der Waals surface area contributed by atoms with E-state index in [-0.39, 0.29) is 12.5 Å². The number of hydrogen-bond acceptors (Lipinski definition) is 5. The number of methoxy groups -OCH3 is 1. The molecule has 96 valence electrons. The molecule has 0 aromatic carbocycles. The summed E-state index contributed by atoms with van der Waals surface area (Å²) in [6.07, 6.45) is 2.74. The molecule has 0 spiro atoms. The van der Waals surface area contributed by atoms with Gasteiger partial charge < -0.3 is 9.64 Å². The molecule has 0 radical (unpaired) electrons. The number of aromatic nitrogens is 1. The van der Waals surface area contributed by atoms with Gasteiger partial charge in [0, 0.05) is 22.8 Å². The van der Waals surface area contributed by atoms with Crippen molar-refractivity contribution in [3.05, 3.63) is 23.7 Å². The maximum absolute atomic E-state index is 11.5. The Bertz CT molecular complexity index is 539. The van der Waals surface area contributed by atoms with Crippen LogP contribution in [0.2, 0.25) is 0 Å². The predicted octanol–water partition coefficient (Wildman–Crippen LogP) is 2.69. The minimum Gasteiger partial charge on any atom is -0.468 e. The van der Waals surface area contributed by atoms with E-state index in [1.54, 1.807) is 17.5 Å². The maximum Gasteiger partial charge on any atom is 0.325 e. The normalized spacial score (nSPS) is 10.6. The quantitative estimate of drug-likeness (QED) is 0.779. The second-order valence-corrected chi connectivity index (χ2v) is 4.91. The van der Waals surface area contributed by atoms with Gasteiger partial charge in [-0.15, -0.1) is 11.3 Å². The summed E-state index contributed by atoms with van der Waals surface area (Å²) in [5, 5.41) is 3.14. The van der Waals surface area contributed by atoms with Gasteiger partial charge in [-0.05, 0) is 23.9 Å². The Balaban J connectivity index is 2.34. The first-order valence-corrected chi connectivity index (χ1v) is 6.78. The van der Waals surface area contributed by atoms with Crippen molar-refractivity contribution in [2.24, 2.45) is 0 Å². The molecule has 0 saturated carbocycles. The van der Waals surface area contributed by atoms with E-state index < -0.39 is 0 Å². The van der Waals surface area contributed by atoms with Crippen molar-refractivity contribution in [3.63, 3.8) is 0 Å². The van der Waals surface area contributed by atoms with Crippen molar-refractivity contribution in [3.8, 4) is 0 Å². The smallest absolute Gasteiger partial charge is 0.325 e. The van der Waals surface area contributed by atoms with Crippen LogP contribution in [-0.4, -0.2) is 31.2 Å². The van der Waals surface area contributed by atoms with E-state index in [4.69, 9.17) is 4.74 Å². The van der Waals surface area contributed by atoms with Crippen LogP contribution in [0.15, 0.2) is 23.7 Å². The second kappa shape index (κ2) is 5.82. The van der Waals surface area contributed by atoms with Crippen molar-refractivity contribution in [2.45, 2.75) is 13.3 Å². The molecular weight excluding hydrogens is 248 g/mol. The first-order valence-electron chi connectivity index (χ1n) is 5.90. The molecule has 0 atom stereocenters. The topological polar surface area (TPSA) is 42.4 Å². The van der Waals surface area contributed by atoms with Gasteiger partial charge in [-0.1, -0.05) is 6.92 Å². The van der Waals surface area contributed by atoms with E-state index >= 15 is 0 Å². The average molecular weight is 264 g/mol. The van der Waals surface area contributed by atoms with Gasteiger partial charge in [-0.25, -0.2) is 4.98 Å². The molecule has 2 aromatic heterocycles. The van der Waals surface area contributed by atoms with E-state index in [0.29, 0.717) is 0 Å². The summed E-state index contributed by atoms with van der Waals surface area (Å²) in [6, 6.07) is 4.04. The van der Waals surface area contributed by atoms with Gasteiger partial charge in [0.15, 0.2) is 0 Å². The fourth-order valence-corrected chi connectivity index (χ4v) is 2.66. The number of pyridine rings is 1. The number of carbonyl (C=O) groups excluding carboxylic acids is 1. The molecule has 0 unspecified atom stereocenters. The third kappa shape index (κ3) is 2.61. The first-order chi connectivity index (χ1) is 8.76. The summed E-state index contributed by atoms with van der Waals surface area (Å²) < 4.78 is 5.92. The third-order valence-electron chi connectivity index (χ3n) is 2.70. The number of hydrogen-bond donors (Lipinski definition) is 0. The van der Waals surface area contributed by atoms with Crippen molar-refractivity contribution in [1.29, 1.82) is 0 Å². The highest BCUT2D eigenvalue weighted by atomic mass is 32.1. The van der Waals surface area contributed by atoms with Crippen LogP contribution in [0.3, 0.4) is 0 Å². The molecule has 0 bridgehead atoms. The molecule has 2 rings (SSSR count). The molecule has 0 aliphatic heterocycles. The van der Waals surface area contributed by atoms with Crippen LogP contribution in [0.25, 0.3) is 10.1 Å². The van der Waals surface area contributed by atoms with Crippen LogP contribution in [0.5, 0.6) is 0 Å². The number of thiophene rings is 1. The Morgan fingerprint density at radius 3 is 3.06 bits per heavy atom. The van der Waals surface area contributed by atoms with Crippen LogP contribution >= 0.6 is 11.3 Å². The van der Waals surface area contributed by atoms with Gasteiger partial charge in [0.2, 0.25) is 0 Å². The number of rotatable bonds is 5. The van der Waals surface area contributed by atoms with Crippen LogP contribution in [0, 0.1) is 0 Å². The lowest BCUT2D eigenvalue weighted by Gasteiger charge is -2.22. The summed E-state index contributed by atoms with van der Waals surface area (Å²) in [6.45, 7) is 3.11. The number of fused-ring (bicyclic) bond motifs is 1. The molecule has 0 N–H and O–H groups in total. The van der Waals surface area contributed by atoms with Crippen molar-refractivity contribution >= 4 is 33.2 Å². The van der Waals surface area contributed by atoms with Crippen molar-refractivity contribution in [2.75, 3.05) is 25.1 Å². The zero-order valence-electron chi connectivity index (χ0n) is 10.5. The Kier molecular flexibility index (Phi) is 4.15. The van der Waals surface area contributed by atoms with E-state index in [1.807, 2.05) is 22.4 Å². The minimum absolute atomic E-state index is 0.238. The van der Waals surface area contributed by atoms with E-state index in [1.165, 1.54) is 11.8 Å². The Hall–Kier alpha value is -1.62. The number of anilines is 1. The lowest BCUT2D eigenvalue weighted by Crippen LogP contribution is -2.32. The fraction of sp³-hybridized carbons (Fsp3) is 0.385. The summed E-state index contributed by atoms with van der Waals surface area (Å²) in [7, 11) is 1.41. The number of nitrogens with zero attached hydrogens (tertiary/aromatic N) is 2. The van der Waals surface area contributed by atoms with Gasteiger partial charge >= 0.3 is 5.97 Å². The van der Waals surface area contributed by atoms with Crippen molar-refractivity contribution in [1.82, 2.24) is 4.98 Å². The molecule has 18 heavy (non-hydrogen) atoms. The standard InChI is InChI=1S/C13H16N2O2S/c1-3-7-15(9-12(16)17-2)13-10-5-8-18-11(10)4-6-14-13/h4-6,8H,3,7,9H2,1-2H3. The fourth-order valence-electron chi connectivity index (χ4n) is 1.88. The zero-order valence-corrected chi connectivity index (χ0v) is 11.4. The molecule has 0 saturated heterocycles. The highest BCUT2D eigenvalue weighted by Gasteiger charge is 2.15. The molecule has 0 aliphatic rings. The molecule has 4 nitrogen and oxygen atoms in total. The van der Waals surface area contributed by atoms with Gasteiger partial charge in [0.05, 0.1) is 7.11 Å². The van der Waals surface area contributed by atoms with Gasteiger partial charge in [-0.2, -0.15) is 0 Å². The van der Waals surface area contributed by atoms with Crippen LogP contribution < -0.4 is 4.90 Å². The summed E-state index contributed by atoms with van der Waals surface area (Å²) in [5.74, 6) is 0.624. The lowest BCUT2D eigenvalue weighted by atomic mass is 10.3. The third-order valence-corrected chi connectivity index (χ3v) is 3.58. The average Bonchev–Trinajstić information content (AvgIpc) is 2.86. The minimum atomic E-state index is -0.238. The van der Waals surface area contributed by atoms with Gasteiger partial charge in [0.1, 0.15) is 12.4 Å². The molecule has 0 amide bonds. The Labute approximate surface area is 110 Å². The van der Waals surface area contributed by atoms with Crippen LogP contribution in [-0.2, 0) is 9.53 Å². The lowest BCUT2D eigenvalue weighted by molar-refractivity contribution is -0.138. The predicted molar refractivity (Wildman–Crippen MR) is 74.1 cm³/mol. The first kappa shape index (κ1) is 12.8. The molecule has 0 fully saturated rings.